The second-order valence-electron chi connectivity index (χ2n) is 16.0. The minimum atomic E-state index is -1.33. The summed E-state index contributed by atoms with van der Waals surface area (Å²) in [5.74, 6) is 7.55. The lowest BCUT2D eigenvalue weighted by molar-refractivity contribution is -0.0831. The van der Waals surface area contributed by atoms with Gasteiger partial charge in [-0.05, 0) is 64.3 Å². The van der Waals surface area contributed by atoms with Gasteiger partial charge in [-0.1, -0.05) is 43.6 Å². The molecule has 0 aliphatic carbocycles. The normalized spacial score (nSPS) is 21.9. The Kier molecular flexibility index (Phi) is 12.2. The van der Waals surface area contributed by atoms with Crippen LogP contribution in [0.1, 0.15) is 57.2 Å². The predicted octanol–water partition coefficient (Wildman–Crippen LogP) is 6.43. The number of amides is 1. The zero-order chi connectivity index (χ0) is 36.9. The van der Waals surface area contributed by atoms with E-state index in [1.54, 1.807) is 7.11 Å². The van der Waals surface area contributed by atoms with Crippen molar-refractivity contribution in [2.24, 2.45) is 0 Å². The predicted molar refractivity (Wildman–Crippen MR) is 200 cm³/mol. The van der Waals surface area contributed by atoms with Crippen molar-refractivity contribution < 1.29 is 38.0 Å². The molecule has 12 nitrogen and oxygen atoms in total. The third-order valence-corrected chi connectivity index (χ3v) is 11.3. The van der Waals surface area contributed by atoms with Gasteiger partial charge in [0.2, 0.25) is 0 Å². The average Bonchev–Trinajstić information content (AvgIpc) is 3.72. The molecule has 0 spiro atoms. The quantitative estimate of drug-likeness (QED) is 0.0893. The largest absolute Gasteiger partial charge is 0.467 e. The van der Waals surface area contributed by atoms with Gasteiger partial charge in [0, 0.05) is 51.0 Å². The number of morpholine rings is 1. The highest BCUT2D eigenvalue weighted by atomic mass is 28.3. The molecule has 3 aromatic rings. The molecule has 4 atom stereocenters. The molecule has 1 aromatic carbocycles. The summed E-state index contributed by atoms with van der Waals surface area (Å²) >= 11 is 0. The van der Waals surface area contributed by atoms with E-state index < -0.39 is 13.7 Å². The van der Waals surface area contributed by atoms with E-state index in [4.69, 9.17) is 43.4 Å². The summed E-state index contributed by atoms with van der Waals surface area (Å²) in [6.07, 6.45) is 1.98. The monoisotopic (exact) mass is 734 g/mol. The maximum atomic E-state index is 13.5. The van der Waals surface area contributed by atoms with Crippen LogP contribution in [-0.2, 0) is 35.2 Å². The van der Waals surface area contributed by atoms with Crippen molar-refractivity contribution in [3.8, 4) is 28.8 Å². The minimum absolute atomic E-state index is 0.0431. The Balaban J connectivity index is 1.43. The van der Waals surface area contributed by atoms with Gasteiger partial charge in [0.05, 0.1) is 49.3 Å². The van der Waals surface area contributed by atoms with Gasteiger partial charge >= 0.3 is 6.09 Å². The first-order valence-electron chi connectivity index (χ1n) is 18.4. The Morgan fingerprint density at radius 2 is 1.83 bits per heavy atom. The number of methoxy groups -OCH3 is 1. The van der Waals surface area contributed by atoms with Gasteiger partial charge in [-0.15, -0.1) is 10.2 Å². The van der Waals surface area contributed by atoms with Crippen molar-refractivity contribution in [3.63, 3.8) is 0 Å². The summed E-state index contributed by atoms with van der Waals surface area (Å²) in [6, 6.07) is 10.5. The Labute approximate surface area is 308 Å². The second kappa shape index (κ2) is 16.7. The number of ether oxygens (including phenoxy) is 7. The van der Waals surface area contributed by atoms with E-state index in [0.717, 1.165) is 34.7 Å². The number of hydrogen-bond donors (Lipinski definition) is 0. The highest BCUT2D eigenvalue weighted by molar-refractivity contribution is 6.76. The number of benzene rings is 1. The van der Waals surface area contributed by atoms with Crippen molar-refractivity contribution in [3.05, 3.63) is 41.6 Å². The number of fused-ring (bicyclic) bond motifs is 3. The van der Waals surface area contributed by atoms with Gasteiger partial charge in [-0.3, -0.25) is 4.90 Å². The fraction of sp³-hybridized carbons (Fsp3) is 0.615. The van der Waals surface area contributed by atoms with Crippen molar-refractivity contribution in [1.29, 1.82) is 0 Å². The van der Waals surface area contributed by atoms with E-state index in [2.05, 4.69) is 42.1 Å². The lowest BCUT2D eigenvalue weighted by Crippen LogP contribution is -2.59. The highest BCUT2D eigenvalue weighted by Gasteiger charge is 2.45. The summed E-state index contributed by atoms with van der Waals surface area (Å²) in [5.41, 5.74) is 3.48. The molecular formula is C39H54N4O8Si. The van der Waals surface area contributed by atoms with Crippen LogP contribution in [0.25, 0.3) is 22.3 Å². The van der Waals surface area contributed by atoms with Crippen LogP contribution in [0, 0.1) is 11.8 Å². The maximum Gasteiger partial charge on any atom is 0.410 e. The highest BCUT2D eigenvalue weighted by Crippen LogP contribution is 2.43. The summed E-state index contributed by atoms with van der Waals surface area (Å²) in [7, 11) is 0.269. The number of carbonyl (C=O) groups is 1. The molecule has 52 heavy (non-hydrogen) atoms. The van der Waals surface area contributed by atoms with Crippen molar-refractivity contribution in [2.45, 2.75) is 102 Å². The van der Waals surface area contributed by atoms with Crippen molar-refractivity contribution >= 4 is 25.2 Å². The lowest BCUT2D eigenvalue weighted by atomic mass is 9.82. The second-order valence-corrected chi connectivity index (χ2v) is 21.7. The average molecular weight is 735 g/mol. The van der Waals surface area contributed by atoms with E-state index in [1.165, 1.54) is 0 Å². The van der Waals surface area contributed by atoms with E-state index >= 15 is 0 Å². The Bertz CT molecular complexity index is 1740. The maximum absolute atomic E-state index is 13.5. The number of nitrogens with zero attached hydrogens (tertiary/aromatic N) is 4. The van der Waals surface area contributed by atoms with Gasteiger partial charge in [0.25, 0.3) is 0 Å². The van der Waals surface area contributed by atoms with Gasteiger partial charge < -0.3 is 37.7 Å². The van der Waals surface area contributed by atoms with E-state index in [1.807, 2.05) is 49.9 Å². The van der Waals surface area contributed by atoms with E-state index in [9.17, 15) is 4.79 Å². The topological polar surface area (TPSA) is 116 Å². The molecule has 3 saturated heterocycles. The van der Waals surface area contributed by atoms with Crippen LogP contribution >= 0.6 is 0 Å². The third-order valence-electron chi connectivity index (χ3n) is 9.56. The zero-order valence-electron chi connectivity index (χ0n) is 31.7. The molecular weight excluding hydrogens is 681 g/mol. The molecule has 3 fully saturated rings. The van der Waals surface area contributed by atoms with Gasteiger partial charge in [0.1, 0.15) is 24.7 Å². The fourth-order valence-corrected chi connectivity index (χ4v) is 7.87. The molecule has 13 heteroatoms. The summed E-state index contributed by atoms with van der Waals surface area (Å²) in [5, 5.41) is 10.5. The van der Waals surface area contributed by atoms with Crippen LogP contribution in [0.2, 0.25) is 25.7 Å². The molecule has 1 amide bonds. The molecule has 5 heterocycles. The fourth-order valence-electron chi connectivity index (χ4n) is 7.11. The van der Waals surface area contributed by atoms with E-state index in [0.29, 0.717) is 69.7 Å². The van der Waals surface area contributed by atoms with Gasteiger partial charge in [-0.25, -0.2) is 4.79 Å². The lowest BCUT2D eigenvalue weighted by Gasteiger charge is -2.48. The van der Waals surface area contributed by atoms with Gasteiger partial charge in [-0.2, -0.15) is 0 Å². The Morgan fingerprint density at radius 1 is 1.06 bits per heavy atom. The molecule has 0 saturated carbocycles. The van der Waals surface area contributed by atoms with Crippen LogP contribution in [0.3, 0.4) is 0 Å². The standard InChI is InChI=1S/C39H54N4O8Si/c1-39(2,3)51-38(44)43-28-19-27(20-29(43)23-48-22-28)36-31(12-10-15-49-30-14-16-46-24-30)33-21-34(32-11-8-9-13-35(32)50-26-45-4)40-41-37(33)42(36)25-47-17-18-52(5,6)7/h8-9,11,13,21,27-30H,14-20,22-26H2,1-7H3/t27?,28-,29+,30?. The molecule has 3 aliphatic rings. The first kappa shape index (κ1) is 38.2. The van der Waals surface area contributed by atoms with Crippen LogP contribution < -0.4 is 4.74 Å². The Morgan fingerprint density at radius 3 is 2.52 bits per heavy atom. The first-order chi connectivity index (χ1) is 24.9. The van der Waals surface area contributed by atoms with Crippen LogP contribution in [0.4, 0.5) is 4.79 Å². The molecule has 282 valence electrons. The van der Waals surface area contributed by atoms with Crippen LogP contribution in [0.5, 0.6) is 5.75 Å². The SMILES string of the molecule is COCOc1ccccc1-c1cc2c(C#CCOC3CCOC3)c(C3C[C@H]4COC[C@@H](C3)N4C(=O)OC(C)(C)C)n(COCC[Si](C)(C)C)c2nn1. The Hall–Kier alpha value is -3.51. The molecule has 0 N–H and O–H groups in total. The number of aromatic nitrogens is 3. The number of rotatable bonds is 12. The number of hydrogen-bond acceptors (Lipinski definition) is 10. The van der Waals surface area contributed by atoms with Crippen LogP contribution in [-0.4, -0.2) is 111 Å². The summed E-state index contributed by atoms with van der Waals surface area (Å²) < 4.78 is 43.2. The van der Waals surface area contributed by atoms with Gasteiger partial charge in [0.15, 0.2) is 12.4 Å². The molecule has 2 unspecified atom stereocenters. The molecule has 2 aromatic heterocycles. The minimum Gasteiger partial charge on any atom is -0.467 e. The molecule has 0 radical (unpaired) electrons. The zero-order valence-corrected chi connectivity index (χ0v) is 32.7. The number of piperidine rings is 1. The van der Waals surface area contributed by atoms with Crippen molar-refractivity contribution in [1.82, 2.24) is 19.7 Å². The van der Waals surface area contributed by atoms with Crippen LogP contribution in [0.15, 0.2) is 30.3 Å². The van der Waals surface area contributed by atoms with E-state index in [-0.39, 0.29) is 43.6 Å². The third kappa shape index (κ3) is 9.34. The summed E-state index contributed by atoms with van der Waals surface area (Å²) in [4.78, 5) is 15.4. The smallest absolute Gasteiger partial charge is 0.410 e. The van der Waals surface area contributed by atoms with Crippen molar-refractivity contribution in [2.75, 3.05) is 53.5 Å². The first-order valence-corrected chi connectivity index (χ1v) is 22.1. The number of para-hydroxylation sites is 1. The summed E-state index contributed by atoms with van der Waals surface area (Å²) in [6.45, 7) is 16.3. The number of carbonyl (C=O) groups excluding carboxylic acids is 1. The molecule has 6 rings (SSSR count). The molecule has 2 bridgehead atoms. The molecule has 3 aliphatic heterocycles.